The van der Waals surface area contributed by atoms with E-state index in [4.69, 9.17) is 16.3 Å². The van der Waals surface area contributed by atoms with Crippen LogP contribution in [0.2, 0.25) is 0 Å². The fourth-order valence-electron chi connectivity index (χ4n) is 1.25. The molecule has 2 N–H and O–H groups in total. The fourth-order valence-corrected chi connectivity index (χ4v) is 1.25. The maximum absolute atomic E-state index is 12.6. The molecular weight excluding hydrogens is 247 g/mol. The largest absolute Gasteiger partial charge is 0.416 e. The van der Waals surface area contributed by atoms with Gasteiger partial charge in [-0.2, -0.15) is 23.7 Å². The number of halogens is 3. The van der Waals surface area contributed by atoms with Gasteiger partial charge in [-0.15, -0.1) is 0 Å². The number of alkyl halides is 3. The summed E-state index contributed by atoms with van der Waals surface area (Å²) in [4.78, 5) is 4.79. The van der Waals surface area contributed by atoms with Crippen molar-refractivity contribution in [3.05, 3.63) is 17.7 Å². The molecule has 0 aliphatic heterocycles. The summed E-state index contributed by atoms with van der Waals surface area (Å²) in [5, 5.41) is 17.1. The average Bonchev–Trinajstić information content (AvgIpc) is 2.27. The average molecular weight is 255 g/mol. The van der Waals surface area contributed by atoms with Crippen molar-refractivity contribution < 1.29 is 13.2 Å². The summed E-state index contributed by atoms with van der Waals surface area (Å²) in [6, 6.07) is 4.93. The van der Waals surface area contributed by atoms with Gasteiger partial charge in [0.2, 0.25) is 0 Å². The van der Waals surface area contributed by atoms with Crippen molar-refractivity contribution in [1.82, 2.24) is 4.98 Å². The van der Waals surface area contributed by atoms with Crippen LogP contribution in [-0.4, -0.2) is 18.1 Å². The molecule has 0 amide bonds. The van der Waals surface area contributed by atoms with Crippen LogP contribution in [0.25, 0.3) is 0 Å². The molecule has 0 fully saturated rings. The molecule has 0 unspecified atom stereocenters. The molecular formula is C10H8F3N5. The van der Waals surface area contributed by atoms with E-state index in [0.29, 0.717) is 6.07 Å². The highest BCUT2D eigenvalue weighted by molar-refractivity contribution is 5.50. The summed E-state index contributed by atoms with van der Waals surface area (Å²) in [7, 11) is 0. The van der Waals surface area contributed by atoms with Crippen LogP contribution >= 0.6 is 0 Å². The third-order valence-corrected chi connectivity index (χ3v) is 2.01. The first-order valence-corrected chi connectivity index (χ1v) is 4.72. The highest BCUT2D eigenvalue weighted by atomic mass is 19.4. The smallest absolute Gasteiger partial charge is 0.384 e. The van der Waals surface area contributed by atoms with Crippen molar-refractivity contribution in [2.24, 2.45) is 0 Å². The Hall–Kier alpha value is -2.48. The molecule has 0 spiro atoms. The SMILES string of the molecule is N#CCN(CC#N)c1cc(C(F)(F)F)cc(N)n1. The molecule has 8 heteroatoms. The van der Waals surface area contributed by atoms with Crippen molar-refractivity contribution in [2.75, 3.05) is 23.7 Å². The Balaban J connectivity index is 3.20. The number of nitrogen functional groups attached to an aromatic ring is 1. The number of rotatable bonds is 3. The molecule has 18 heavy (non-hydrogen) atoms. The quantitative estimate of drug-likeness (QED) is 0.827. The molecule has 94 valence electrons. The molecule has 0 atom stereocenters. The van der Waals surface area contributed by atoms with Crippen LogP contribution in [-0.2, 0) is 6.18 Å². The normalized spacial score (nSPS) is 10.5. The van der Waals surface area contributed by atoms with Gasteiger partial charge < -0.3 is 10.6 Å². The van der Waals surface area contributed by atoms with E-state index >= 15 is 0 Å². The lowest BCUT2D eigenvalue weighted by Crippen LogP contribution is -2.25. The predicted octanol–water partition coefficient (Wildman–Crippen LogP) is 1.54. The van der Waals surface area contributed by atoms with Gasteiger partial charge in [-0.1, -0.05) is 0 Å². The number of hydrogen-bond donors (Lipinski definition) is 1. The third kappa shape index (κ3) is 3.25. The van der Waals surface area contributed by atoms with Crippen LogP contribution in [0.15, 0.2) is 12.1 Å². The van der Waals surface area contributed by atoms with Gasteiger partial charge in [0, 0.05) is 0 Å². The zero-order valence-electron chi connectivity index (χ0n) is 9.07. The van der Waals surface area contributed by atoms with E-state index in [1.54, 1.807) is 12.1 Å². The van der Waals surface area contributed by atoms with Gasteiger partial charge in [-0.25, -0.2) is 4.98 Å². The van der Waals surface area contributed by atoms with Crippen LogP contribution in [0.4, 0.5) is 24.8 Å². The molecule has 0 aliphatic rings. The van der Waals surface area contributed by atoms with Gasteiger partial charge in [0.25, 0.3) is 0 Å². The molecule has 0 aliphatic carbocycles. The second-order valence-corrected chi connectivity index (χ2v) is 3.31. The van der Waals surface area contributed by atoms with Crippen molar-refractivity contribution in [3.63, 3.8) is 0 Å². The molecule has 1 aromatic rings. The number of pyridine rings is 1. The molecule has 0 saturated carbocycles. The molecule has 1 heterocycles. The zero-order valence-corrected chi connectivity index (χ0v) is 9.07. The van der Waals surface area contributed by atoms with Gasteiger partial charge in [0.15, 0.2) is 0 Å². The minimum atomic E-state index is -4.56. The topological polar surface area (TPSA) is 89.7 Å². The van der Waals surface area contributed by atoms with Gasteiger partial charge in [0.1, 0.15) is 24.7 Å². The lowest BCUT2D eigenvalue weighted by atomic mass is 10.2. The van der Waals surface area contributed by atoms with Crippen molar-refractivity contribution in [2.45, 2.75) is 6.18 Å². The maximum Gasteiger partial charge on any atom is 0.416 e. The van der Waals surface area contributed by atoms with Crippen molar-refractivity contribution in [1.29, 1.82) is 10.5 Å². The lowest BCUT2D eigenvalue weighted by molar-refractivity contribution is -0.137. The third-order valence-electron chi connectivity index (χ3n) is 2.01. The highest BCUT2D eigenvalue weighted by Crippen LogP contribution is 2.32. The minimum Gasteiger partial charge on any atom is -0.384 e. The van der Waals surface area contributed by atoms with E-state index in [1.165, 1.54) is 0 Å². The Morgan fingerprint density at radius 1 is 1.22 bits per heavy atom. The Kier molecular flexibility index (Phi) is 3.95. The number of anilines is 2. The first kappa shape index (κ1) is 13.6. The van der Waals surface area contributed by atoms with Crippen LogP contribution in [0.1, 0.15) is 5.56 Å². The summed E-state index contributed by atoms with van der Waals surface area (Å²) in [6.45, 7) is -0.497. The lowest BCUT2D eigenvalue weighted by Gasteiger charge is -2.18. The number of nitrogens with two attached hydrogens (primary N) is 1. The summed E-state index contributed by atoms with van der Waals surface area (Å²) in [6.07, 6.45) is -4.56. The van der Waals surface area contributed by atoms with Crippen LogP contribution in [0.3, 0.4) is 0 Å². The Morgan fingerprint density at radius 2 is 1.78 bits per heavy atom. The zero-order chi connectivity index (χ0) is 13.8. The molecule has 0 saturated heterocycles. The number of aromatic nitrogens is 1. The van der Waals surface area contributed by atoms with Gasteiger partial charge >= 0.3 is 6.18 Å². The van der Waals surface area contributed by atoms with E-state index in [1.807, 2.05) is 0 Å². The van der Waals surface area contributed by atoms with Crippen LogP contribution in [0, 0.1) is 22.7 Å². The standard InChI is InChI=1S/C10H8F3N5/c11-10(12,13)7-5-8(16)17-9(6-7)18(3-1-14)4-2-15/h5-6H,3-4H2,(H2,16,17). The maximum atomic E-state index is 12.6. The Labute approximate surface area is 101 Å². The van der Waals surface area contributed by atoms with E-state index in [2.05, 4.69) is 4.98 Å². The Morgan fingerprint density at radius 3 is 2.22 bits per heavy atom. The summed E-state index contributed by atoms with van der Waals surface area (Å²) in [5.74, 6) is -0.467. The van der Waals surface area contributed by atoms with Gasteiger partial charge in [-0.3, -0.25) is 0 Å². The summed E-state index contributed by atoms with van der Waals surface area (Å²) in [5.41, 5.74) is 4.32. The van der Waals surface area contributed by atoms with E-state index in [9.17, 15) is 13.2 Å². The van der Waals surface area contributed by atoms with Gasteiger partial charge in [-0.05, 0) is 12.1 Å². The second kappa shape index (κ2) is 5.23. The van der Waals surface area contributed by atoms with E-state index in [-0.39, 0.29) is 24.7 Å². The highest BCUT2D eigenvalue weighted by Gasteiger charge is 2.32. The summed E-state index contributed by atoms with van der Waals surface area (Å²) < 4.78 is 37.7. The molecule has 1 aromatic heterocycles. The molecule has 0 aromatic carbocycles. The van der Waals surface area contributed by atoms with Crippen molar-refractivity contribution >= 4 is 11.6 Å². The molecule has 1 rings (SSSR count). The van der Waals surface area contributed by atoms with Gasteiger partial charge in [0.05, 0.1) is 17.7 Å². The second-order valence-electron chi connectivity index (χ2n) is 3.31. The molecule has 0 bridgehead atoms. The predicted molar refractivity (Wildman–Crippen MR) is 57.1 cm³/mol. The monoisotopic (exact) mass is 255 g/mol. The van der Waals surface area contributed by atoms with E-state index in [0.717, 1.165) is 11.0 Å². The Bertz CT molecular complexity index is 496. The first-order chi connectivity index (χ1) is 8.38. The number of nitrogens with zero attached hydrogens (tertiary/aromatic N) is 4. The molecule has 0 radical (unpaired) electrons. The first-order valence-electron chi connectivity index (χ1n) is 4.72. The molecule has 5 nitrogen and oxygen atoms in total. The summed E-state index contributed by atoms with van der Waals surface area (Å²) >= 11 is 0. The van der Waals surface area contributed by atoms with Crippen molar-refractivity contribution in [3.8, 4) is 12.1 Å². The van der Waals surface area contributed by atoms with E-state index < -0.39 is 11.7 Å². The van der Waals surface area contributed by atoms with Crippen LogP contribution < -0.4 is 10.6 Å². The number of nitriles is 2. The van der Waals surface area contributed by atoms with Crippen LogP contribution in [0.5, 0.6) is 0 Å². The fraction of sp³-hybridized carbons (Fsp3) is 0.300. The minimum absolute atomic E-state index is 0.148. The number of hydrogen-bond acceptors (Lipinski definition) is 5.